The Labute approximate surface area is 179 Å². The SMILES string of the molecule is Cc1cc(C(=O)N2CCCC(C(=O)NC3CC3)C2)c2cnn(Cc3cccs3)c2n1. The molecule has 1 saturated carbocycles. The van der Waals surface area contributed by atoms with Crippen LogP contribution in [0.3, 0.4) is 0 Å². The quantitative estimate of drug-likeness (QED) is 0.684. The third-order valence-corrected chi connectivity index (χ3v) is 6.72. The molecular weight excluding hydrogens is 398 g/mol. The van der Waals surface area contributed by atoms with Gasteiger partial charge in [0.25, 0.3) is 5.91 Å². The molecule has 0 spiro atoms. The van der Waals surface area contributed by atoms with Gasteiger partial charge in [0.1, 0.15) is 0 Å². The topological polar surface area (TPSA) is 80.1 Å². The summed E-state index contributed by atoms with van der Waals surface area (Å²) >= 11 is 1.68. The van der Waals surface area contributed by atoms with Crippen LogP contribution in [0.4, 0.5) is 0 Å². The zero-order chi connectivity index (χ0) is 20.7. The number of pyridine rings is 1. The summed E-state index contributed by atoms with van der Waals surface area (Å²) in [6, 6.07) is 6.28. The Kier molecular flexibility index (Phi) is 5.02. The highest BCUT2D eigenvalue weighted by Crippen LogP contribution is 2.26. The average molecular weight is 424 g/mol. The van der Waals surface area contributed by atoms with Gasteiger partial charge >= 0.3 is 0 Å². The molecule has 1 aliphatic heterocycles. The maximum absolute atomic E-state index is 13.4. The number of amides is 2. The fourth-order valence-electron chi connectivity index (χ4n) is 4.11. The molecule has 1 unspecified atom stereocenters. The van der Waals surface area contributed by atoms with Crippen LogP contribution >= 0.6 is 11.3 Å². The lowest BCUT2D eigenvalue weighted by atomic mass is 9.96. The molecule has 30 heavy (non-hydrogen) atoms. The molecule has 3 aromatic rings. The van der Waals surface area contributed by atoms with Gasteiger partial charge in [-0.15, -0.1) is 11.3 Å². The molecule has 3 aromatic heterocycles. The number of carbonyl (C=O) groups excluding carboxylic acids is 2. The van der Waals surface area contributed by atoms with Gasteiger partial charge in [0.15, 0.2) is 5.65 Å². The minimum absolute atomic E-state index is 0.0369. The first kappa shape index (κ1) is 19.2. The van der Waals surface area contributed by atoms with Crippen molar-refractivity contribution >= 4 is 34.2 Å². The molecule has 2 amide bonds. The third kappa shape index (κ3) is 3.84. The predicted octanol–water partition coefficient (Wildman–Crippen LogP) is 2.98. The highest BCUT2D eigenvalue weighted by molar-refractivity contribution is 7.09. The molecule has 0 aromatic carbocycles. The number of nitrogens with one attached hydrogen (secondary N) is 1. The molecule has 156 valence electrons. The van der Waals surface area contributed by atoms with Gasteiger partial charge in [-0.1, -0.05) is 6.07 Å². The van der Waals surface area contributed by atoms with E-state index in [0.29, 0.717) is 31.2 Å². The van der Waals surface area contributed by atoms with Crippen LogP contribution in [0.25, 0.3) is 11.0 Å². The molecule has 1 saturated heterocycles. The van der Waals surface area contributed by atoms with E-state index in [1.165, 1.54) is 4.88 Å². The number of piperidine rings is 1. The fourth-order valence-corrected chi connectivity index (χ4v) is 4.79. The lowest BCUT2D eigenvalue weighted by Gasteiger charge is -2.32. The normalized spacial score (nSPS) is 19.2. The molecule has 7 nitrogen and oxygen atoms in total. The van der Waals surface area contributed by atoms with Crippen LogP contribution in [0.2, 0.25) is 0 Å². The number of carbonyl (C=O) groups is 2. The summed E-state index contributed by atoms with van der Waals surface area (Å²) in [5.74, 6) is -0.0665. The van der Waals surface area contributed by atoms with E-state index in [4.69, 9.17) is 0 Å². The largest absolute Gasteiger partial charge is 0.353 e. The zero-order valence-electron chi connectivity index (χ0n) is 17.0. The summed E-state index contributed by atoms with van der Waals surface area (Å²) in [5, 5.41) is 10.4. The van der Waals surface area contributed by atoms with E-state index in [1.807, 2.05) is 34.0 Å². The molecular formula is C22H25N5O2S. The number of fused-ring (bicyclic) bond motifs is 1. The summed E-state index contributed by atoms with van der Waals surface area (Å²) in [6.07, 6.45) is 5.57. The standard InChI is InChI=1S/C22H25N5O2S/c1-14-10-18(19-11-23-27(20(19)24-14)13-17-5-3-9-30-17)22(29)26-8-2-4-15(12-26)21(28)25-16-6-7-16/h3,5,9-11,15-16H,2,4,6-8,12-13H2,1H3,(H,25,28). The molecule has 8 heteroatoms. The minimum Gasteiger partial charge on any atom is -0.353 e. The summed E-state index contributed by atoms with van der Waals surface area (Å²) in [4.78, 5) is 33.6. The number of hydrogen-bond donors (Lipinski definition) is 1. The van der Waals surface area contributed by atoms with Gasteiger partial charge in [0.2, 0.25) is 5.91 Å². The van der Waals surface area contributed by atoms with Crippen molar-refractivity contribution in [3.8, 4) is 0 Å². The summed E-state index contributed by atoms with van der Waals surface area (Å²) < 4.78 is 1.85. The van der Waals surface area contributed by atoms with Crippen LogP contribution in [-0.4, -0.2) is 50.6 Å². The highest BCUT2D eigenvalue weighted by Gasteiger charge is 2.32. The molecule has 0 bridgehead atoms. The molecule has 4 heterocycles. The number of aryl methyl sites for hydroxylation is 1. The first-order valence-electron chi connectivity index (χ1n) is 10.5. The highest BCUT2D eigenvalue weighted by atomic mass is 32.1. The monoisotopic (exact) mass is 423 g/mol. The maximum atomic E-state index is 13.4. The van der Waals surface area contributed by atoms with Crippen molar-refractivity contribution in [1.82, 2.24) is 25.0 Å². The molecule has 1 N–H and O–H groups in total. The average Bonchev–Trinajstić information content (AvgIpc) is 3.25. The predicted molar refractivity (Wildman–Crippen MR) is 115 cm³/mol. The Morgan fingerprint density at radius 3 is 2.93 bits per heavy atom. The number of hydrogen-bond acceptors (Lipinski definition) is 5. The molecule has 2 fully saturated rings. The van der Waals surface area contributed by atoms with Crippen molar-refractivity contribution in [2.24, 2.45) is 5.92 Å². The number of rotatable bonds is 5. The van der Waals surface area contributed by atoms with Crippen molar-refractivity contribution in [2.45, 2.75) is 45.2 Å². The van der Waals surface area contributed by atoms with E-state index < -0.39 is 0 Å². The van der Waals surface area contributed by atoms with Crippen molar-refractivity contribution in [2.75, 3.05) is 13.1 Å². The van der Waals surface area contributed by atoms with Crippen molar-refractivity contribution in [3.63, 3.8) is 0 Å². The van der Waals surface area contributed by atoms with Gasteiger partial charge < -0.3 is 10.2 Å². The van der Waals surface area contributed by atoms with Gasteiger partial charge in [0.05, 0.1) is 29.6 Å². The van der Waals surface area contributed by atoms with Gasteiger partial charge in [-0.25, -0.2) is 9.67 Å². The second-order valence-corrected chi connectivity index (χ2v) is 9.34. The van der Waals surface area contributed by atoms with E-state index in [2.05, 4.69) is 21.5 Å². The van der Waals surface area contributed by atoms with Crippen molar-refractivity contribution < 1.29 is 9.59 Å². The van der Waals surface area contributed by atoms with Crippen LogP contribution in [0, 0.1) is 12.8 Å². The van der Waals surface area contributed by atoms with Gasteiger partial charge in [0, 0.05) is 29.7 Å². The van der Waals surface area contributed by atoms with Crippen LogP contribution in [-0.2, 0) is 11.3 Å². The van der Waals surface area contributed by atoms with Crippen molar-refractivity contribution in [3.05, 3.63) is 45.9 Å². The van der Waals surface area contributed by atoms with Gasteiger partial charge in [-0.3, -0.25) is 9.59 Å². The van der Waals surface area contributed by atoms with Gasteiger partial charge in [-0.2, -0.15) is 5.10 Å². The van der Waals surface area contributed by atoms with Gasteiger partial charge in [-0.05, 0) is 50.1 Å². The van der Waals surface area contributed by atoms with Crippen molar-refractivity contribution in [1.29, 1.82) is 0 Å². The summed E-state index contributed by atoms with van der Waals surface area (Å²) in [6.45, 7) is 3.70. The Balaban J connectivity index is 1.40. The van der Waals surface area contributed by atoms with Crippen LogP contribution in [0.1, 0.15) is 46.6 Å². The Hall–Kier alpha value is -2.74. The smallest absolute Gasteiger partial charge is 0.254 e. The third-order valence-electron chi connectivity index (χ3n) is 5.86. The van der Waals surface area contributed by atoms with E-state index in [9.17, 15) is 9.59 Å². The zero-order valence-corrected chi connectivity index (χ0v) is 17.8. The second kappa shape index (κ2) is 7.83. The van der Waals surface area contributed by atoms with Crippen LogP contribution < -0.4 is 5.32 Å². The number of nitrogens with zero attached hydrogens (tertiary/aromatic N) is 4. The number of thiophene rings is 1. The van der Waals surface area contributed by atoms with Crippen LogP contribution in [0.15, 0.2) is 29.8 Å². The molecule has 2 aliphatic rings. The molecule has 1 atom stereocenters. The second-order valence-electron chi connectivity index (χ2n) is 8.30. The Morgan fingerprint density at radius 2 is 2.17 bits per heavy atom. The first-order chi connectivity index (χ1) is 14.6. The van der Waals surface area contributed by atoms with E-state index in [-0.39, 0.29) is 17.7 Å². The Bertz CT molecular complexity index is 1090. The first-order valence-corrected chi connectivity index (χ1v) is 11.4. The maximum Gasteiger partial charge on any atom is 0.254 e. The van der Waals surface area contributed by atoms with E-state index >= 15 is 0 Å². The van der Waals surface area contributed by atoms with E-state index in [1.54, 1.807) is 17.5 Å². The summed E-state index contributed by atoms with van der Waals surface area (Å²) in [5.41, 5.74) is 2.14. The minimum atomic E-state index is -0.122. The summed E-state index contributed by atoms with van der Waals surface area (Å²) in [7, 11) is 0. The van der Waals surface area contributed by atoms with E-state index in [0.717, 1.165) is 42.4 Å². The lowest BCUT2D eigenvalue weighted by molar-refractivity contribution is -0.126. The molecule has 1 aliphatic carbocycles. The fraction of sp³-hybridized carbons (Fsp3) is 0.455. The Morgan fingerprint density at radius 1 is 1.30 bits per heavy atom. The van der Waals surface area contributed by atoms with Crippen LogP contribution in [0.5, 0.6) is 0 Å². The molecule has 0 radical (unpaired) electrons. The molecule has 5 rings (SSSR count). The lowest BCUT2D eigenvalue weighted by Crippen LogP contribution is -2.46. The number of aromatic nitrogens is 3. The number of likely N-dealkylation sites (tertiary alicyclic amines) is 1.